The zero-order valence-corrected chi connectivity index (χ0v) is 5.87. The van der Waals surface area contributed by atoms with E-state index < -0.39 is 18.0 Å². The van der Waals surface area contributed by atoms with E-state index in [1.54, 1.807) is 13.0 Å². The molecule has 0 aromatic heterocycles. The number of hydrogen-bond donors (Lipinski definition) is 1. The Morgan fingerprint density at radius 2 is 2.30 bits per heavy atom. The predicted molar refractivity (Wildman–Crippen MR) is 33.2 cm³/mol. The summed E-state index contributed by atoms with van der Waals surface area (Å²) in [6, 6.07) is 1.63. The molecule has 0 aliphatic heterocycles. The second-order valence-corrected chi connectivity index (χ2v) is 1.89. The topological polar surface area (TPSA) is 70.3 Å². The van der Waals surface area contributed by atoms with Crippen LogP contribution in [0.4, 0.5) is 0 Å². The maximum atomic E-state index is 10.2. The molecule has 0 saturated heterocycles. The zero-order chi connectivity index (χ0) is 8.15. The molecule has 56 valence electrons. The summed E-state index contributed by atoms with van der Waals surface area (Å²) in [7, 11) is 1.37. The third-order valence-corrected chi connectivity index (χ3v) is 1.25. The number of hydrogen-bond acceptors (Lipinski definition) is 3. The number of carboxylic acid groups (broad SMARTS) is 1. The molecule has 0 spiro atoms. The lowest BCUT2D eigenvalue weighted by Gasteiger charge is -2.10. The monoisotopic (exact) mass is 143 g/mol. The highest BCUT2D eigenvalue weighted by Crippen LogP contribution is 2.04. The molecule has 0 aliphatic carbocycles. The molecule has 4 heteroatoms. The van der Waals surface area contributed by atoms with Crippen molar-refractivity contribution in [2.24, 2.45) is 5.92 Å². The minimum absolute atomic E-state index is 0.553. The summed E-state index contributed by atoms with van der Waals surface area (Å²) < 4.78 is 4.66. The SMILES string of the molecule is COC(C)C(C#N)C(=O)O. The highest BCUT2D eigenvalue weighted by Gasteiger charge is 2.23. The van der Waals surface area contributed by atoms with E-state index in [4.69, 9.17) is 10.4 Å². The van der Waals surface area contributed by atoms with Crippen molar-refractivity contribution in [2.45, 2.75) is 13.0 Å². The third kappa shape index (κ3) is 2.03. The summed E-state index contributed by atoms with van der Waals surface area (Å²) in [4.78, 5) is 10.2. The van der Waals surface area contributed by atoms with Crippen LogP contribution in [-0.4, -0.2) is 24.3 Å². The Morgan fingerprint density at radius 3 is 2.40 bits per heavy atom. The summed E-state index contributed by atoms with van der Waals surface area (Å²) in [5, 5.41) is 16.7. The number of carboxylic acids is 1. The first-order valence-corrected chi connectivity index (χ1v) is 2.78. The molecule has 0 amide bonds. The quantitative estimate of drug-likeness (QED) is 0.614. The van der Waals surface area contributed by atoms with E-state index in [-0.39, 0.29) is 0 Å². The lowest BCUT2D eigenvalue weighted by atomic mass is 10.1. The number of nitrogens with zero attached hydrogens (tertiary/aromatic N) is 1. The van der Waals surface area contributed by atoms with Crippen LogP contribution in [0.15, 0.2) is 0 Å². The summed E-state index contributed by atoms with van der Waals surface area (Å²) in [6.07, 6.45) is -0.553. The standard InChI is InChI=1S/C6H9NO3/c1-4(10-2)5(3-7)6(8)9/h4-5H,1-2H3,(H,8,9). The number of methoxy groups -OCH3 is 1. The first-order valence-electron chi connectivity index (χ1n) is 2.78. The van der Waals surface area contributed by atoms with Gasteiger partial charge in [0.05, 0.1) is 12.2 Å². The Balaban J connectivity index is 4.10. The van der Waals surface area contributed by atoms with Crippen LogP contribution in [0, 0.1) is 17.2 Å². The largest absolute Gasteiger partial charge is 0.480 e. The van der Waals surface area contributed by atoms with Crippen LogP contribution in [0.25, 0.3) is 0 Å². The average molecular weight is 143 g/mol. The van der Waals surface area contributed by atoms with E-state index in [2.05, 4.69) is 4.74 Å². The number of nitriles is 1. The van der Waals surface area contributed by atoms with E-state index in [0.717, 1.165) is 0 Å². The van der Waals surface area contributed by atoms with Gasteiger partial charge in [0.2, 0.25) is 0 Å². The van der Waals surface area contributed by atoms with E-state index in [0.29, 0.717) is 0 Å². The van der Waals surface area contributed by atoms with Gasteiger partial charge in [0.15, 0.2) is 5.92 Å². The Hall–Kier alpha value is -1.08. The summed E-state index contributed by atoms with van der Waals surface area (Å²) in [6.45, 7) is 1.54. The van der Waals surface area contributed by atoms with Crippen LogP contribution in [0.2, 0.25) is 0 Å². The molecule has 1 N–H and O–H groups in total. The van der Waals surface area contributed by atoms with Gasteiger partial charge in [-0.3, -0.25) is 4.79 Å². The Kier molecular flexibility index (Phi) is 3.44. The fraction of sp³-hybridized carbons (Fsp3) is 0.667. The minimum atomic E-state index is -1.14. The maximum Gasteiger partial charge on any atom is 0.323 e. The Labute approximate surface area is 59.0 Å². The van der Waals surface area contributed by atoms with Gasteiger partial charge in [-0.1, -0.05) is 0 Å². The van der Waals surface area contributed by atoms with E-state index >= 15 is 0 Å². The number of aliphatic carboxylic acids is 1. The van der Waals surface area contributed by atoms with Gasteiger partial charge < -0.3 is 9.84 Å². The fourth-order valence-corrected chi connectivity index (χ4v) is 0.497. The third-order valence-electron chi connectivity index (χ3n) is 1.25. The number of carbonyl (C=O) groups is 1. The molecular weight excluding hydrogens is 134 g/mol. The van der Waals surface area contributed by atoms with Gasteiger partial charge in [-0.25, -0.2) is 0 Å². The second kappa shape index (κ2) is 3.85. The number of rotatable bonds is 3. The van der Waals surface area contributed by atoms with Crippen LogP contribution in [0.1, 0.15) is 6.92 Å². The first-order chi connectivity index (χ1) is 4.63. The van der Waals surface area contributed by atoms with E-state index in [1.807, 2.05) is 0 Å². The Bertz CT molecular complexity index is 161. The molecule has 0 saturated carbocycles. The molecule has 0 heterocycles. The van der Waals surface area contributed by atoms with Crippen molar-refractivity contribution in [3.63, 3.8) is 0 Å². The zero-order valence-electron chi connectivity index (χ0n) is 5.87. The molecule has 0 aromatic rings. The molecule has 10 heavy (non-hydrogen) atoms. The van der Waals surface area contributed by atoms with Gasteiger partial charge in [-0.15, -0.1) is 0 Å². The molecule has 0 rings (SSSR count). The minimum Gasteiger partial charge on any atom is -0.480 e. The first kappa shape index (κ1) is 8.92. The molecule has 4 nitrogen and oxygen atoms in total. The molecule has 0 aromatic carbocycles. The van der Waals surface area contributed by atoms with Crippen molar-refractivity contribution in [1.82, 2.24) is 0 Å². The van der Waals surface area contributed by atoms with Gasteiger partial charge in [0, 0.05) is 7.11 Å². The van der Waals surface area contributed by atoms with Gasteiger partial charge in [0.25, 0.3) is 0 Å². The van der Waals surface area contributed by atoms with Crippen LogP contribution in [-0.2, 0) is 9.53 Å². The molecule has 0 radical (unpaired) electrons. The fourth-order valence-electron chi connectivity index (χ4n) is 0.497. The highest BCUT2D eigenvalue weighted by molar-refractivity contribution is 5.73. The van der Waals surface area contributed by atoms with Gasteiger partial charge in [-0.2, -0.15) is 5.26 Å². The predicted octanol–water partition coefficient (Wildman–Crippen LogP) is 0.246. The van der Waals surface area contributed by atoms with Crippen LogP contribution in [0.5, 0.6) is 0 Å². The summed E-state index contributed by atoms with van der Waals surface area (Å²) in [5.41, 5.74) is 0. The normalized spacial score (nSPS) is 15.3. The number of ether oxygens (including phenoxy) is 1. The van der Waals surface area contributed by atoms with E-state index in [9.17, 15) is 4.79 Å². The van der Waals surface area contributed by atoms with Crippen LogP contribution in [0.3, 0.4) is 0 Å². The highest BCUT2D eigenvalue weighted by atomic mass is 16.5. The lowest BCUT2D eigenvalue weighted by Crippen LogP contribution is -2.25. The van der Waals surface area contributed by atoms with Crippen molar-refractivity contribution in [2.75, 3.05) is 7.11 Å². The van der Waals surface area contributed by atoms with Crippen molar-refractivity contribution in [1.29, 1.82) is 5.26 Å². The smallest absolute Gasteiger partial charge is 0.323 e. The van der Waals surface area contributed by atoms with Crippen molar-refractivity contribution in [3.8, 4) is 6.07 Å². The summed E-state index contributed by atoms with van der Waals surface area (Å²) in [5.74, 6) is -2.21. The van der Waals surface area contributed by atoms with Crippen molar-refractivity contribution < 1.29 is 14.6 Å². The van der Waals surface area contributed by atoms with Gasteiger partial charge in [0.1, 0.15) is 0 Å². The average Bonchev–Trinajstić information content (AvgIpc) is 1.88. The molecule has 0 aliphatic rings. The van der Waals surface area contributed by atoms with Gasteiger partial charge >= 0.3 is 5.97 Å². The van der Waals surface area contributed by atoms with Crippen molar-refractivity contribution in [3.05, 3.63) is 0 Å². The van der Waals surface area contributed by atoms with Crippen LogP contribution >= 0.6 is 0 Å². The molecular formula is C6H9NO3. The second-order valence-electron chi connectivity index (χ2n) is 1.89. The van der Waals surface area contributed by atoms with Crippen molar-refractivity contribution >= 4 is 5.97 Å². The van der Waals surface area contributed by atoms with Crippen LogP contribution < -0.4 is 0 Å². The maximum absolute atomic E-state index is 10.2. The van der Waals surface area contributed by atoms with E-state index in [1.165, 1.54) is 7.11 Å². The molecule has 2 unspecified atom stereocenters. The lowest BCUT2D eigenvalue weighted by molar-refractivity contribution is -0.143. The molecule has 2 atom stereocenters. The molecule has 0 fully saturated rings. The molecule has 0 bridgehead atoms. The summed E-state index contributed by atoms with van der Waals surface area (Å²) >= 11 is 0. The Morgan fingerprint density at radius 1 is 1.80 bits per heavy atom. The van der Waals surface area contributed by atoms with Gasteiger partial charge in [-0.05, 0) is 6.92 Å².